The number of urea groups is 1. The van der Waals surface area contributed by atoms with E-state index in [2.05, 4.69) is 17.4 Å². The number of carbonyl (C=O) groups excluding carboxylic acids is 1. The van der Waals surface area contributed by atoms with Gasteiger partial charge >= 0.3 is 12.0 Å². The van der Waals surface area contributed by atoms with Crippen molar-refractivity contribution >= 4 is 40.9 Å². The number of aromatic nitrogens is 1. The van der Waals surface area contributed by atoms with Gasteiger partial charge in [0, 0.05) is 29.1 Å². The summed E-state index contributed by atoms with van der Waals surface area (Å²) in [6.07, 6.45) is 4.07. The number of nitrogens with zero attached hydrogens (tertiary/aromatic N) is 2. The fourth-order valence-corrected chi connectivity index (χ4v) is 6.68. The molecule has 2 saturated heterocycles. The summed E-state index contributed by atoms with van der Waals surface area (Å²) in [5, 5.41) is 17.0. The largest absolute Gasteiger partial charge is 0.478 e. The number of halogens is 3. The molecule has 40 heavy (non-hydrogen) atoms. The first-order chi connectivity index (χ1) is 19.2. The van der Waals surface area contributed by atoms with Crippen LogP contribution in [0.15, 0.2) is 40.9 Å². The summed E-state index contributed by atoms with van der Waals surface area (Å²) in [6, 6.07) is 8.23. The van der Waals surface area contributed by atoms with Gasteiger partial charge in [-0.3, -0.25) is 0 Å². The number of ether oxygens (including phenoxy) is 1. The molecule has 6 rings (SSSR count). The van der Waals surface area contributed by atoms with E-state index in [0.29, 0.717) is 40.1 Å². The van der Waals surface area contributed by atoms with Crippen molar-refractivity contribution in [3.8, 4) is 11.3 Å². The second-order valence-electron chi connectivity index (χ2n) is 10.9. The summed E-state index contributed by atoms with van der Waals surface area (Å²) in [6.45, 7) is 2.40. The molecule has 8 nitrogen and oxygen atoms in total. The molecule has 2 amide bonds. The standard InChI is InChI=1S/C29H28Cl2FN3O5/c1-14-9-17-11-18(12-24(14)35(17)29(38)33-23-8-7-16(28(36)37)10-22(23)32)39-13-19-26(34-40-27(19)15-5-6-15)25-20(30)3-2-4-21(25)31/h2-4,7-8,10,14-15,17-18,24H,5-6,9,11-13H2,1H3,(H,33,38)(H,36,37)/t14-,17?,18+,24?/m1/s1. The molecule has 0 spiro atoms. The van der Waals surface area contributed by atoms with E-state index in [1.165, 1.54) is 12.1 Å². The number of benzene rings is 2. The minimum atomic E-state index is -1.23. The van der Waals surface area contributed by atoms with Gasteiger partial charge in [-0.25, -0.2) is 14.0 Å². The molecule has 2 aromatic carbocycles. The monoisotopic (exact) mass is 587 g/mol. The van der Waals surface area contributed by atoms with Crippen LogP contribution in [-0.4, -0.2) is 45.4 Å². The predicted molar refractivity (Wildman–Crippen MR) is 147 cm³/mol. The minimum absolute atomic E-state index is 0.0498. The van der Waals surface area contributed by atoms with Crippen molar-refractivity contribution in [2.75, 3.05) is 5.32 Å². The second kappa shape index (κ2) is 10.7. The average Bonchev–Trinajstić information content (AvgIpc) is 3.63. The van der Waals surface area contributed by atoms with Gasteiger partial charge in [-0.15, -0.1) is 0 Å². The molecule has 3 heterocycles. The molecule has 2 N–H and O–H groups in total. The Morgan fingerprint density at radius 1 is 1.18 bits per heavy atom. The van der Waals surface area contributed by atoms with Crippen LogP contribution in [0, 0.1) is 11.7 Å². The number of carboxylic acid groups (broad SMARTS) is 1. The number of rotatable bonds is 7. The summed E-state index contributed by atoms with van der Waals surface area (Å²) in [5.74, 6) is -0.647. The molecule has 2 aliphatic heterocycles. The van der Waals surface area contributed by atoms with E-state index in [1.807, 2.05) is 0 Å². The Bertz CT molecular complexity index is 1460. The molecule has 1 saturated carbocycles. The van der Waals surface area contributed by atoms with Crippen molar-refractivity contribution < 1.29 is 28.3 Å². The zero-order valence-corrected chi connectivity index (χ0v) is 23.2. The van der Waals surface area contributed by atoms with Gasteiger partial charge in [0.1, 0.15) is 17.3 Å². The van der Waals surface area contributed by atoms with Gasteiger partial charge in [0.25, 0.3) is 0 Å². The predicted octanol–water partition coefficient (Wildman–Crippen LogP) is 7.35. The summed E-state index contributed by atoms with van der Waals surface area (Å²) < 4.78 is 26.7. The van der Waals surface area contributed by atoms with Crippen LogP contribution in [0.1, 0.15) is 66.6 Å². The Balaban J connectivity index is 1.16. The number of hydrogen-bond donors (Lipinski definition) is 2. The van der Waals surface area contributed by atoms with Crippen LogP contribution < -0.4 is 5.32 Å². The smallest absolute Gasteiger partial charge is 0.335 e. The third-order valence-electron chi connectivity index (χ3n) is 8.21. The highest BCUT2D eigenvalue weighted by atomic mass is 35.5. The van der Waals surface area contributed by atoms with Crippen molar-refractivity contribution in [2.45, 2.75) is 69.7 Å². The first kappa shape index (κ1) is 27.1. The van der Waals surface area contributed by atoms with Crippen molar-refractivity contribution in [3.63, 3.8) is 0 Å². The van der Waals surface area contributed by atoms with Crippen LogP contribution in [-0.2, 0) is 11.3 Å². The molecule has 3 fully saturated rings. The third-order valence-corrected chi connectivity index (χ3v) is 8.84. The van der Waals surface area contributed by atoms with Crippen molar-refractivity contribution in [1.29, 1.82) is 0 Å². The van der Waals surface area contributed by atoms with E-state index >= 15 is 0 Å². The minimum Gasteiger partial charge on any atom is -0.478 e. The lowest BCUT2D eigenvalue weighted by Crippen LogP contribution is -2.51. The number of carbonyl (C=O) groups is 2. The molecule has 1 aliphatic carbocycles. The molecule has 11 heteroatoms. The Morgan fingerprint density at radius 2 is 1.93 bits per heavy atom. The molecule has 1 aromatic heterocycles. The van der Waals surface area contributed by atoms with Crippen LogP contribution in [0.5, 0.6) is 0 Å². The Hall–Kier alpha value is -3.14. The maximum absolute atomic E-state index is 14.5. The van der Waals surface area contributed by atoms with Gasteiger partial charge in [0.05, 0.1) is 34.0 Å². The number of aromatic carboxylic acids is 1. The zero-order chi connectivity index (χ0) is 28.1. The van der Waals surface area contributed by atoms with Gasteiger partial charge in [-0.1, -0.05) is 41.3 Å². The lowest BCUT2D eigenvalue weighted by atomic mass is 9.97. The Kier molecular flexibility index (Phi) is 7.23. The van der Waals surface area contributed by atoms with Gasteiger partial charge in [0.2, 0.25) is 0 Å². The SMILES string of the molecule is C[C@@H]1CC2C[C@H](OCc3c(-c4c(Cl)cccc4Cl)noc3C3CC3)CC1N2C(=O)Nc1ccc(C(=O)O)cc1F. The lowest BCUT2D eigenvalue weighted by Gasteiger charge is -2.39. The van der Waals surface area contributed by atoms with E-state index in [4.69, 9.17) is 37.6 Å². The molecule has 3 aromatic rings. The fourth-order valence-electron chi connectivity index (χ4n) is 6.10. The van der Waals surface area contributed by atoms with Crippen LogP contribution in [0.25, 0.3) is 11.3 Å². The summed E-state index contributed by atoms with van der Waals surface area (Å²) in [7, 11) is 0. The summed E-state index contributed by atoms with van der Waals surface area (Å²) in [5.41, 5.74) is 1.86. The van der Waals surface area contributed by atoms with Crippen molar-refractivity contribution in [3.05, 3.63) is 69.1 Å². The quantitative estimate of drug-likeness (QED) is 0.299. The van der Waals surface area contributed by atoms with Crippen LogP contribution >= 0.6 is 23.2 Å². The first-order valence-electron chi connectivity index (χ1n) is 13.4. The Morgan fingerprint density at radius 3 is 2.58 bits per heavy atom. The van der Waals surface area contributed by atoms with E-state index in [1.54, 1.807) is 23.1 Å². The molecule has 3 aliphatic rings. The maximum Gasteiger partial charge on any atom is 0.335 e. The number of fused-ring (bicyclic) bond motifs is 2. The van der Waals surface area contributed by atoms with Gasteiger partial charge in [-0.05, 0) is 68.4 Å². The van der Waals surface area contributed by atoms with Crippen molar-refractivity contribution in [2.24, 2.45) is 5.92 Å². The third kappa shape index (κ3) is 5.06. The lowest BCUT2D eigenvalue weighted by molar-refractivity contribution is -0.0181. The summed E-state index contributed by atoms with van der Waals surface area (Å²) >= 11 is 13.0. The Labute approximate surface area is 240 Å². The van der Waals surface area contributed by atoms with Crippen LogP contribution in [0.3, 0.4) is 0 Å². The summed E-state index contributed by atoms with van der Waals surface area (Å²) in [4.78, 5) is 26.1. The number of amides is 2. The number of anilines is 1. The highest BCUT2D eigenvalue weighted by Crippen LogP contribution is 2.47. The number of piperidine rings is 1. The van der Waals surface area contributed by atoms with E-state index in [9.17, 15) is 14.0 Å². The molecule has 210 valence electrons. The normalized spacial score (nSPS) is 23.9. The molecule has 4 atom stereocenters. The van der Waals surface area contributed by atoms with E-state index in [0.717, 1.165) is 36.7 Å². The molecular formula is C29H28Cl2FN3O5. The molecular weight excluding hydrogens is 560 g/mol. The highest BCUT2D eigenvalue weighted by Gasteiger charge is 2.48. The van der Waals surface area contributed by atoms with Gasteiger partial charge in [0.15, 0.2) is 0 Å². The first-order valence-corrected chi connectivity index (χ1v) is 14.1. The topological polar surface area (TPSA) is 105 Å². The number of nitrogens with one attached hydrogen (secondary N) is 1. The second-order valence-corrected chi connectivity index (χ2v) is 11.7. The van der Waals surface area contributed by atoms with Gasteiger partial charge < -0.3 is 24.6 Å². The van der Waals surface area contributed by atoms with Crippen LogP contribution in [0.2, 0.25) is 10.0 Å². The van der Waals surface area contributed by atoms with E-state index in [-0.39, 0.29) is 42.0 Å². The van der Waals surface area contributed by atoms with Crippen LogP contribution in [0.4, 0.5) is 14.9 Å². The molecule has 2 unspecified atom stereocenters. The van der Waals surface area contributed by atoms with E-state index < -0.39 is 17.8 Å². The number of hydrogen-bond acceptors (Lipinski definition) is 5. The molecule has 2 bridgehead atoms. The van der Waals surface area contributed by atoms with Crippen molar-refractivity contribution in [1.82, 2.24) is 10.1 Å². The average molecular weight is 588 g/mol. The highest BCUT2D eigenvalue weighted by molar-refractivity contribution is 6.39. The van der Waals surface area contributed by atoms with Gasteiger partial charge in [-0.2, -0.15) is 0 Å². The number of carboxylic acids is 1. The molecule has 0 radical (unpaired) electrons. The fraction of sp³-hybridized carbons (Fsp3) is 0.414. The maximum atomic E-state index is 14.5. The zero-order valence-electron chi connectivity index (χ0n) is 21.7.